The maximum atomic E-state index is 5.46. The predicted octanol–water partition coefficient (Wildman–Crippen LogP) is 0.415. The standard InChI is InChI=1S/C10H11N7/c1-16-7(4-5-12-16)10-13-9(14-11)8-3-2-6-17(8)15-10/h2-6H,11H2,1H3,(H,13,14,15). The first-order valence-corrected chi connectivity index (χ1v) is 5.10. The summed E-state index contributed by atoms with van der Waals surface area (Å²) < 4.78 is 3.44. The van der Waals surface area contributed by atoms with Gasteiger partial charge in [-0.15, -0.1) is 5.10 Å². The zero-order valence-electron chi connectivity index (χ0n) is 9.20. The first kappa shape index (κ1) is 9.79. The van der Waals surface area contributed by atoms with Crippen molar-refractivity contribution in [3.63, 3.8) is 0 Å². The molecule has 0 saturated carbocycles. The maximum absolute atomic E-state index is 5.46. The molecule has 3 N–H and O–H groups in total. The quantitative estimate of drug-likeness (QED) is 0.491. The third-order valence-electron chi connectivity index (χ3n) is 2.58. The van der Waals surface area contributed by atoms with Crippen LogP contribution in [0.15, 0.2) is 30.6 Å². The van der Waals surface area contributed by atoms with Crippen molar-refractivity contribution in [1.29, 1.82) is 0 Å². The highest BCUT2D eigenvalue weighted by Crippen LogP contribution is 2.19. The molecule has 0 atom stereocenters. The number of anilines is 1. The van der Waals surface area contributed by atoms with Crippen molar-refractivity contribution < 1.29 is 0 Å². The van der Waals surface area contributed by atoms with Crippen molar-refractivity contribution in [2.45, 2.75) is 0 Å². The van der Waals surface area contributed by atoms with Crippen LogP contribution in [0, 0.1) is 0 Å². The number of hydrogen-bond donors (Lipinski definition) is 2. The summed E-state index contributed by atoms with van der Waals surface area (Å²) in [4.78, 5) is 4.37. The van der Waals surface area contributed by atoms with Gasteiger partial charge in [-0.3, -0.25) is 4.68 Å². The Kier molecular flexibility index (Phi) is 2.05. The molecule has 3 heterocycles. The molecule has 0 radical (unpaired) electrons. The van der Waals surface area contributed by atoms with Gasteiger partial charge >= 0.3 is 0 Å². The van der Waals surface area contributed by atoms with E-state index in [1.165, 1.54) is 0 Å². The van der Waals surface area contributed by atoms with Crippen LogP contribution in [0.25, 0.3) is 17.0 Å². The monoisotopic (exact) mass is 229 g/mol. The van der Waals surface area contributed by atoms with Crippen LogP contribution in [-0.2, 0) is 7.05 Å². The van der Waals surface area contributed by atoms with E-state index in [9.17, 15) is 0 Å². The molecule has 0 aliphatic heterocycles. The number of hydrogen-bond acceptors (Lipinski definition) is 5. The summed E-state index contributed by atoms with van der Waals surface area (Å²) >= 11 is 0. The molecule has 0 aliphatic carbocycles. The Balaban J connectivity index is 2.27. The lowest BCUT2D eigenvalue weighted by Crippen LogP contribution is -2.12. The fourth-order valence-electron chi connectivity index (χ4n) is 1.74. The molecule has 7 nitrogen and oxygen atoms in total. The molecule has 0 spiro atoms. The van der Waals surface area contributed by atoms with Crippen LogP contribution < -0.4 is 11.3 Å². The van der Waals surface area contributed by atoms with E-state index in [2.05, 4.69) is 20.6 Å². The van der Waals surface area contributed by atoms with Crippen LogP contribution in [0.4, 0.5) is 5.82 Å². The normalized spacial score (nSPS) is 10.9. The van der Waals surface area contributed by atoms with Crippen LogP contribution in [-0.4, -0.2) is 24.4 Å². The van der Waals surface area contributed by atoms with Crippen molar-refractivity contribution in [3.05, 3.63) is 30.6 Å². The Morgan fingerprint density at radius 2 is 2.24 bits per heavy atom. The summed E-state index contributed by atoms with van der Waals surface area (Å²) in [5.41, 5.74) is 4.24. The Bertz CT molecular complexity index is 666. The molecule has 0 saturated heterocycles. The van der Waals surface area contributed by atoms with E-state index < -0.39 is 0 Å². The lowest BCUT2D eigenvalue weighted by Gasteiger charge is -2.06. The summed E-state index contributed by atoms with van der Waals surface area (Å²) in [7, 11) is 1.84. The predicted molar refractivity (Wildman–Crippen MR) is 63.0 cm³/mol. The number of nitrogens with two attached hydrogens (primary N) is 1. The molecule has 0 unspecified atom stereocenters. The first-order chi connectivity index (χ1) is 8.29. The topological polar surface area (TPSA) is 86.1 Å². The van der Waals surface area contributed by atoms with E-state index in [-0.39, 0.29) is 0 Å². The average molecular weight is 229 g/mol. The number of rotatable bonds is 2. The lowest BCUT2D eigenvalue weighted by atomic mass is 10.4. The second-order valence-electron chi connectivity index (χ2n) is 3.61. The molecular formula is C10H11N7. The molecule has 7 heteroatoms. The summed E-state index contributed by atoms with van der Waals surface area (Å²) in [6.45, 7) is 0. The van der Waals surface area contributed by atoms with E-state index in [4.69, 9.17) is 5.84 Å². The van der Waals surface area contributed by atoms with E-state index >= 15 is 0 Å². The van der Waals surface area contributed by atoms with Crippen LogP contribution >= 0.6 is 0 Å². The fraction of sp³-hybridized carbons (Fsp3) is 0.100. The zero-order valence-corrected chi connectivity index (χ0v) is 9.20. The van der Waals surface area contributed by atoms with Crippen LogP contribution in [0.3, 0.4) is 0 Å². The molecule has 3 rings (SSSR count). The van der Waals surface area contributed by atoms with Gasteiger partial charge in [-0.25, -0.2) is 15.3 Å². The molecule has 0 aromatic carbocycles. The summed E-state index contributed by atoms with van der Waals surface area (Å²) in [5.74, 6) is 6.61. The van der Waals surface area contributed by atoms with Gasteiger partial charge in [0.2, 0.25) is 0 Å². The van der Waals surface area contributed by atoms with Gasteiger partial charge < -0.3 is 5.43 Å². The Morgan fingerprint density at radius 3 is 2.94 bits per heavy atom. The number of nitrogens with zero attached hydrogens (tertiary/aromatic N) is 5. The number of hydrazine groups is 1. The highest BCUT2D eigenvalue weighted by atomic mass is 15.3. The van der Waals surface area contributed by atoms with Gasteiger partial charge in [-0.2, -0.15) is 5.10 Å². The lowest BCUT2D eigenvalue weighted by molar-refractivity contribution is 0.763. The van der Waals surface area contributed by atoms with Crippen molar-refractivity contribution in [2.24, 2.45) is 12.9 Å². The van der Waals surface area contributed by atoms with Crippen LogP contribution in [0.2, 0.25) is 0 Å². The second-order valence-corrected chi connectivity index (χ2v) is 3.61. The second kappa shape index (κ2) is 3.56. The van der Waals surface area contributed by atoms with Gasteiger partial charge in [0.15, 0.2) is 11.6 Å². The minimum absolute atomic E-state index is 0.571. The van der Waals surface area contributed by atoms with Gasteiger partial charge in [0, 0.05) is 19.4 Å². The van der Waals surface area contributed by atoms with Gasteiger partial charge in [0.05, 0.1) is 0 Å². The maximum Gasteiger partial charge on any atom is 0.200 e. The van der Waals surface area contributed by atoms with Crippen molar-refractivity contribution >= 4 is 11.3 Å². The van der Waals surface area contributed by atoms with Gasteiger partial charge in [-0.1, -0.05) is 0 Å². The van der Waals surface area contributed by atoms with Crippen molar-refractivity contribution in [2.75, 3.05) is 5.43 Å². The third kappa shape index (κ3) is 1.44. The SMILES string of the molecule is Cn1nccc1-c1nc(NN)c2cccn2n1. The minimum Gasteiger partial charge on any atom is -0.307 e. The van der Waals surface area contributed by atoms with Crippen LogP contribution in [0.5, 0.6) is 0 Å². The minimum atomic E-state index is 0.571. The van der Waals surface area contributed by atoms with E-state index in [1.807, 2.05) is 31.4 Å². The number of fused-ring (bicyclic) bond motifs is 1. The number of nitrogens with one attached hydrogen (secondary N) is 1. The Labute approximate surface area is 96.8 Å². The molecule has 17 heavy (non-hydrogen) atoms. The molecule has 3 aromatic heterocycles. The number of aryl methyl sites for hydroxylation is 1. The molecule has 86 valence electrons. The average Bonchev–Trinajstić information content (AvgIpc) is 2.95. The van der Waals surface area contributed by atoms with Crippen molar-refractivity contribution in [3.8, 4) is 11.5 Å². The molecule has 0 aliphatic rings. The van der Waals surface area contributed by atoms with E-state index in [0.29, 0.717) is 11.6 Å². The summed E-state index contributed by atoms with van der Waals surface area (Å²) in [5, 5.41) is 8.49. The highest BCUT2D eigenvalue weighted by molar-refractivity contribution is 5.69. The largest absolute Gasteiger partial charge is 0.307 e. The summed E-state index contributed by atoms with van der Waals surface area (Å²) in [6.07, 6.45) is 3.55. The Hall–Kier alpha value is -2.41. The van der Waals surface area contributed by atoms with Crippen LogP contribution in [0.1, 0.15) is 0 Å². The molecule has 0 amide bonds. The molecule has 0 bridgehead atoms. The first-order valence-electron chi connectivity index (χ1n) is 5.10. The zero-order chi connectivity index (χ0) is 11.8. The molecule has 3 aromatic rings. The molecule has 0 fully saturated rings. The number of nitrogen functional groups attached to an aromatic ring is 1. The van der Waals surface area contributed by atoms with Gasteiger partial charge in [0.25, 0.3) is 0 Å². The van der Waals surface area contributed by atoms with E-state index in [0.717, 1.165) is 11.2 Å². The third-order valence-corrected chi connectivity index (χ3v) is 2.58. The summed E-state index contributed by atoms with van der Waals surface area (Å²) in [6, 6.07) is 5.63. The van der Waals surface area contributed by atoms with E-state index in [1.54, 1.807) is 15.4 Å². The number of aromatic nitrogens is 5. The Morgan fingerprint density at radius 1 is 1.35 bits per heavy atom. The van der Waals surface area contributed by atoms with Gasteiger partial charge in [-0.05, 0) is 18.2 Å². The van der Waals surface area contributed by atoms with Gasteiger partial charge in [0.1, 0.15) is 11.2 Å². The smallest absolute Gasteiger partial charge is 0.200 e. The molecular weight excluding hydrogens is 218 g/mol. The fourth-order valence-corrected chi connectivity index (χ4v) is 1.74. The highest BCUT2D eigenvalue weighted by Gasteiger charge is 2.10. The van der Waals surface area contributed by atoms with Crippen molar-refractivity contribution in [1.82, 2.24) is 24.4 Å².